The molecule has 0 aliphatic heterocycles. The van der Waals surface area contributed by atoms with Crippen molar-refractivity contribution >= 4 is 16.7 Å². The molecule has 0 unspecified atom stereocenters. The van der Waals surface area contributed by atoms with Crippen LogP contribution in [-0.2, 0) is 0 Å². The fourth-order valence-electron chi connectivity index (χ4n) is 1.23. The van der Waals surface area contributed by atoms with E-state index in [0.29, 0.717) is 16.7 Å². The van der Waals surface area contributed by atoms with Crippen molar-refractivity contribution in [1.82, 2.24) is 4.98 Å². The average Bonchev–Trinajstić information content (AvgIpc) is 2.19. The smallest absolute Gasteiger partial charge is 0.165 e. The Bertz CT molecular complexity index is 485. The largest absolute Gasteiger partial charge is 0.490 e. The second kappa shape index (κ2) is 3.14. The molecule has 0 aliphatic carbocycles. The third-order valence-corrected chi connectivity index (χ3v) is 1.94. The van der Waals surface area contributed by atoms with Crippen LogP contribution in [0.2, 0.25) is 0 Å². The molecule has 1 aromatic carbocycles. The van der Waals surface area contributed by atoms with Gasteiger partial charge in [0.1, 0.15) is 12.9 Å². The molecule has 14 heavy (non-hydrogen) atoms. The van der Waals surface area contributed by atoms with Gasteiger partial charge in [-0.3, -0.25) is 0 Å². The van der Waals surface area contributed by atoms with Gasteiger partial charge in [0.05, 0.1) is 5.52 Å². The van der Waals surface area contributed by atoms with E-state index < -0.39 is 5.82 Å². The van der Waals surface area contributed by atoms with E-state index in [9.17, 15) is 4.39 Å². The molecule has 2 N–H and O–H groups in total. The van der Waals surface area contributed by atoms with Crippen molar-refractivity contribution in [2.45, 2.75) is 0 Å². The van der Waals surface area contributed by atoms with Crippen LogP contribution in [0.25, 0.3) is 10.9 Å². The highest BCUT2D eigenvalue weighted by Gasteiger charge is 2.03. The summed E-state index contributed by atoms with van der Waals surface area (Å²) in [5, 5.41) is 0.678. The highest BCUT2D eigenvalue weighted by molar-refractivity contribution is 5.81. The zero-order chi connectivity index (χ0) is 10.1. The molecule has 0 atom stereocenters. The number of hydrogen-bond acceptors (Lipinski definition) is 3. The van der Waals surface area contributed by atoms with E-state index in [4.69, 9.17) is 10.5 Å². The second-order valence-electron chi connectivity index (χ2n) is 2.85. The summed E-state index contributed by atoms with van der Waals surface area (Å²) in [6, 6.07) is 6.38. The van der Waals surface area contributed by atoms with E-state index in [-0.39, 0.29) is 5.82 Å². The third kappa shape index (κ3) is 1.35. The minimum absolute atomic E-state index is 0.112. The number of ether oxygens (including phenoxy) is 1. The molecule has 0 aliphatic rings. The molecule has 0 fully saturated rings. The van der Waals surface area contributed by atoms with Crippen molar-refractivity contribution in [3.8, 4) is 5.75 Å². The summed E-state index contributed by atoms with van der Waals surface area (Å²) in [5.41, 5.74) is 5.92. The summed E-state index contributed by atoms with van der Waals surface area (Å²) in [5.74, 6) is -0.0597. The number of hydrogen-bond donors (Lipinski definition) is 1. The highest BCUT2D eigenvalue weighted by atomic mass is 19.1. The maximum atomic E-state index is 13.0. The first-order valence-corrected chi connectivity index (χ1v) is 3.98. The molecule has 71 valence electrons. The molecule has 0 saturated carbocycles. The van der Waals surface area contributed by atoms with Crippen molar-refractivity contribution in [3.05, 3.63) is 37.2 Å². The van der Waals surface area contributed by atoms with E-state index in [1.807, 2.05) is 0 Å². The van der Waals surface area contributed by atoms with Gasteiger partial charge in [-0.2, -0.15) is 0 Å². The number of nitrogens with two attached hydrogens (primary N) is 1. The number of nitrogens with zero attached hydrogens (tertiary/aromatic N) is 1. The molecular formula is C10H8FN2O. The third-order valence-electron chi connectivity index (χ3n) is 1.94. The SMILES string of the molecule is [CH2]Oc1ccc2cc(F)c(N)nc2c1. The summed E-state index contributed by atoms with van der Waals surface area (Å²) >= 11 is 0. The zero-order valence-corrected chi connectivity index (χ0v) is 7.33. The first-order valence-electron chi connectivity index (χ1n) is 3.98. The fraction of sp³-hybridized carbons (Fsp3) is 0. The van der Waals surface area contributed by atoms with Gasteiger partial charge in [0.2, 0.25) is 0 Å². The quantitative estimate of drug-likeness (QED) is 0.751. The standard InChI is InChI=1S/C10H8FN2O/c1-14-7-3-2-6-4-8(11)10(12)13-9(6)5-7/h2-5H,1H2,(H2,12,13). The number of fused-ring (bicyclic) bond motifs is 1. The number of halogens is 1. The molecule has 3 nitrogen and oxygen atoms in total. The Morgan fingerprint density at radius 2 is 2.14 bits per heavy atom. The van der Waals surface area contributed by atoms with Gasteiger partial charge in [0.25, 0.3) is 0 Å². The molecule has 0 spiro atoms. The summed E-state index contributed by atoms with van der Waals surface area (Å²) in [6.45, 7) is 0. The van der Waals surface area contributed by atoms with E-state index in [0.717, 1.165) is 0 Å². The molecule has 4 heteroatoms. The lowest BCUT2D eigenvalue weighted by Crippen LogP contribution is -1.95. The number of aromatic nitrogens is 1. The lowest BCUT2D eigenvalue weighted by atomic mass is 10.2. The van der Waals surface area contributed by atoms with Gasteiger partial charge in [-0.25, -0.2) is 9.37 Å². The maximum Gasteiger partial charge on any atom is 0.165 e. The minimum Gasteiger partial charge on any atom is -0.490 e. The lowest BCUT2D eigenvalue weighted by molar-refractivity contribution is 0.473. The summed E-state index contributed by atoms with van der Waals surface area (Å²) in [6.07, 6.45) is 0. The van der Waals surface area contributed by atoms with Crippen LogP contribution in [0.15, 0.2) is 24.3 Å². The van der Waals surface area contributed by atoms with Gasteiger partial charge in [0.15, 0.2) is 11.6 Å². The maximum absolute atomic E-state index is 13.0. The second-order valence-corrected chi connectivity index (χ2v) is 2.85. The number of rotatable bonds is 1. The number of benzene rings is 1. The first-order chi connectivity index (χ1) is 6.70. The summed E-state index contributed by atoms with van der Waals surface area (Å²) < 4.78 is 17.8. The Labute approximate surface area is 80.3 Å². The van der Waals surface area contributed by atoms with Crippen LogP contribution in [0.1, 0.15) is 0 Å². The molecule has 1 heterocycles. The predicted octanol–water partition coefficient (Wildman–Crippen LogP) is 2.13. The van der Waals surface area contributed by atoms with Crippen molar-refractivity contribution in [2.24, 2.45) is 0 Å². The van der Waals surface area contributed by atoms with Crippen molar-refractivity contribution in [1.29, 1.82) is 0 Å². The Balaban J connectivity index is 2.70. The Morgan fingerprint density at radius 1 is 1.36 bits per heavy atom. The predicted molar refractivity (Wildman–Crippen MR) is 52.1 cm³/mol. The number of pyridine rings is 1. The van der Waals surface area contributed by atoms with Gasteiger partial charge < -0.3 is 10.5 Å². The van der Waals surface area contributed by atoms with Gasteiger partial charge in [-0.15, -0.1) is 0 Å². The fourth-order valence-corrected chi connectivity index (χ4v) is 1.23. The first kappa shape index (κ1) is 8.74. The van der Waals surface area contributed by atoms with Crippen LogP contribution in [-0.4, -0.2) is 4.98 Å². The van der Waals surface area contributed by atoms with E-state index in [1.165, 1.54) is 6.07 Å². The molecule has 0 bridgehead atoms. The Kier molecular flexibility index (Phi) is 1.96. The lowest BCUT2D eigenvalue weighted by Gasteiger charge is -2.02. The van der Waals surface area contributed by atoms with E-state index in [2.05, 4.69) is 12.1 Å². The van der Waals surface area contributed by atoms with Crippen LogP contribution < -0.4 is 10.5 Å². The minimum atomic E-state index is -0.513. The van der Waals surface area contributed by atoms with Crippen molar-refractivity contribution in [3.63, 3.8) is 0 Å². The number of nitrogen functional groups attached to an aromatic ring is 1. The van der Waals surface area contributed by atoms with Crippen molar-refractivity contribution < 1.29 is 9.13 Å². The number of anilines is 1. The van der Waals surface area contributed by atoms with Crippen LogP contribution in [0.4, 0.5) is 10.2 Å². The molecule has 1 radical (unpaired) electrons. The molecule has 2 aromatic rings. The summed E-state index contributed by atoms with van der Waals surface area (Å²) in [4.78, 5) is 3.88. The normalized spacial score (nSPS) is 10.4. The zero-order valence-electron chi connectivity index (χ0n) is 7.33. The van der Waals surface area contributed by atoms with E-state index in [1.54, 1.807) is 18.2 Å². The molecule has 1 aromatic heterocycles. The van der Waals surface area contributed by atoms with Crippen LogP contribution in [0, 0.1) is 12.9 Å². The monoisotopic (exact) mass is 191 g/mol. The highest BCUT2D eigenvalue weighted by Crippen LogP contribution is 2.21. The molecule has 2 rings (SSSR count). The Morgan fingerprint density at radius 3 is 2.86 bits per heavy atom. The van der Waals surface area contributed by atoms with Gasteiger partial charge >= 0.3 is 0 Å². The molecule has 0 amide bonds. The summed E-state index contributed by atoms with van der Waals surface area (Å²) in [7, 11) is 3.27. The van der Waals surface area contributed by atoms with Gasteiger partial charge in [0, 0.05) is 11.5 Å². The van der Waals surface area contributed by atoms with Crippen LogP contribution in [0.3, 0.4) is 0 Å². The molecule has 0 saturated heterocycles. The van der Waals surface area contributed by atoms with Crippen molar-refractivity contribution in [2.75, 3.05) is 5.73 Å². The average molecular weight is 191 g/mol. The Hall–Kier alpha value is -1.84. The van der Waals surface area contributed by atoms with Gasteiger partial charge in [-0.1, -0.05) is 0 Å². The van der Waals surface area contributed by atoms with E-state index >= 15 is 0 Å². The van der Waals surface area contributed by atoms with Crippen LogP contribution in [0.5, 0.6) is 5.75 Å². The topological polar surface area (TPSA) is 48.1 Å². The van der Waals surface area contributed by atoms with Gasteiger partial charge in [-0.05, 0) is 18.2 Å². The molecular weight excluding hydrogens is 183 g/mol. The van der Waals surface area contributed by atoms with Crippen LogP contribution >= 0.6 is 0 Å².